The first-order valence-electron chi connectivity index (χ1n) is 8.35. The fraction of sp³-hybridized carbons (Fsp3) is 0.263. The number of hydrogen-bond donors (Lipinski definition) is 0. The van der Waals surface area contributed by atoms with E-state index in [-0.39, 0.29) is 11.8 Å². The first kappa shape index (κ1) is 15.5. The molecule has 6 nitrogen and oxygen atoms in total. The molecule has 2 aromatic heterocycles. The molecule has 1 aliphatic heterocycles. The molecular formula is C19H18N4O2. The lowest BCUT2D eigenvalue weighted by Gasteiger charge is -2.15. The summed E-state index contributed by atoms with van der Waals surface area (Å²) in [5, 5.41) is 4.08. The minimum atomic E-state index is -0.0115. The highest BCUT2D eigenvalue weighted by atomic mass is 16.5. The van der Waals surface area contributed by atoms with E-state index in [9.17, 15) is 4.79 Å². The van der Waals surface area contributed by atoms with Crippen LogP contribution in [-0.2, 0) is 11.2 Å². The van der Waals surface area contributed by atoms with E-state index in [0.717, 1.165) is 12.0 Å². The van der Waals surface area contributed by atoms with Crippen LogP contribution in [-0.4, -0.2) is 39.0 Å². The molecule has 0 N–H and O–H groups in total. The summed E-state index contributed by atoms with van der Waals surface area (Å²) in [6.45, 7) is 1.36. The van der Waals surface area contributed by atoms with Crippen molar-refractivity contribution in [1.29, 1.82) is 0 Å². The van der Waals surface area contributed by atoms with Crippen LogP contribution in [0.5, 0.6) is 0 Å². The Labute approximate surface area is 145 Å². The Hall–Kier alpha value is -3.02. The molecule has 3 aromatic rings. The van der Waals surface area contributed by atoms with Crippen LogP contribution in [0.15, 0.2) is 59.4 Å². The molecule has 0 radical (unpaired) electrons. The summed E-state index contributed by atoms with van der Waals surface area (Å²) in [5.74, 6) is 1.20. The summed E-state index contributed by atoms with van der Waals surface area (Å²) >= 11 is 0. The number of likely N-dealkylation sites (tertiary alicyclic amines) is 1. The SMILES string of the molecule is O=C1CC(c2noc(-c3ccncc3)n2)CN1CCc1ccccc1. The number of carbonyl (C=O) groups is 1. The van der Waals surface area contributed by atoms with Crippen LogP contribution in [0, 0.1) is 0 Å². The van der Waals surface area contributed by atoms with E-state index in [1.54, 1.807) is 12.4 Å². The van der Waals surface area contributed by atoms with Gasteiger partial charge in [0.15, 0.2) is 5.82 Å². The topological polar surface area (TPSA) is 72.1 Å². The molecule has 1 aliphatic rings. The van der Waals surface area contributed by atoms with E-state index < -0.39 is 0 Å². The van der Waals surface area contributed by atoms with Gasteiger partial charge in [-0.15, -0.1) is 0 Å². The van der Waals surface area contributed by atoms with E-state index in [4.69, 9.17) is 4.52 Å². The largest absolute Gasteiger partial charge is 0.342 e. The number of amides is 1. The highest BCUT2D eigenvalue weighted by Gasteiger charge is 2.33. The van der Waals surface area contributed by atoms with Crippen LogP contribution >= 0.6 is 0 Å². The smallest absolute Gasteiger partial charge is 0.258 e. The molecule has 126 valence electrons. The number of nitrogens with zero attached hydrogens (tertiary/aromatic N) is 4. The second-order valence-corrected chi connectivity index (χ2v) is 6.17. The van der Waals surface area contributed by atoms with Crippen molar-refractivity contribution in [2.24, 2.45) is 0 Å². The Morgan fingerprint density at radius 1 is 1.12 bits per heavy atom. The third-order valence-electron chi connectivity index (χ3n) is 4.46. The monoisotopic (exact) mass is 334 g/mol. The Bertz CT molecular complexity index is 848. The van der Waals surface area contributed by atoms with Crippen LogP contribution in [0.1, 0.15) is 23.7 Å². The van der Waals surface area contributed by atoms with E-state index in [2.05, 4.69) is 27.3 Å². The number of rotatable bonds is 5. The van der Waals surface area contributed by atoms with Crippen LogP contribution in [0.2, 0.25) is 0 Å². The van der Waals surface area contributed by atoms with Crippen molar-refractivity contribution >= 4 is 5.91 Å². The van der Waals surface area contributed by atoms with Crippen LogP contribution in [0.25, 0.3) is 11.5 Å². The van der Waals surface area contributed by atoms with E-state index >= 15 is 0 Å². The molecule has 0 bridgehead atoms. The molecule has 1 saturated heterocycles. The third kappa shape index (κ3) is 3.42. The molecule has 1 atom stereocenters. The van der Waals surface area contributed by atoms with Gasteiger partial charge in [0, 0.05) is 43.4 Å². The maximum absolute atomic E-state index is 12.3. The normalized spacial score (nSPS) is 17.2. The van der Waals surface area contributed by atoms with Crippen molar-refractivity contribution < 1.29 is 9.32 Å². The van der Waals surface area contributed by atoms with Crippen molar-refractivity contribution in [2.45, 2.75) is 18.8 Å². The lowest BCUT2D eigenvalue weighted by Crippen LogP contribution is -2.27. The van der Waals surface area contributed by atoms with Crippen LogP contribution < -0.4 is 0 Å². The van der Waals surface area contributed by atoms with Crippen LogP contribution in [0.4, 0.5) is 0 Å². The number of pyridine rings is 1. The van der Waals surface area contributed by atoms with Gasteiger partial charge in [0.05, 0.1) is 0 Å². The number of aromatic nitrogens is 3. The number of carbonyl (C=O) groups excluding carboxylic acids is 1. The molecule has 1 unspecified atom stereocenters. The van der Waals surface area contributed by atoms with Crippen molar-refractivity contribution in [3.63, 3.8) is 0 Å². The van der Waals surface area contributed by atoms with Crippen molar-refractivity contribution in [2.75, 3.05) is 13.1 Å². The Kier molecular flexibility index (Phi) is 4.24. The quantitative estimate of drug-likeness (QED) is 0.717. The van der Waals surface area contributed by atoms with Gasteiger partial charge >= 0.3 is 0 Å². The third-order valence-corrected chi connectivity index (χ3v) is 4.46. The summed E-state index contributed by atoms with van der Waals surface area (Å²) in [5.41, 5.74) is 2.07. The summed E-state index contributed by atoms with van der Waals surface area (Å²) in [4.78, 5) is 22.6. The molecule has 1 aromatic carbocycles. The lowest BCUT2D eigenvalue weighted by molar-refractivity contribution is -0.127. The minimum Gasteiger partial charge on any atom is -0.342 e. The maximum Gasteiger partial charge on any atom is 0.258 e. The van der Waals surface area contributed by atoms with Crippen molar-refractivity contribution in [3.8, 4) is 11.5 Å². The van der Waals surface area contributed by atoms with Gasteiger partial charge in [-0.1, -0.05) is 35.5 Å². The summed E-state index contributed by atoms with van der Waals surface area (Å²) < 4.78 is 5.34. The molecule has 3 heterocycles. The first-order valence-corrected chi connectivity index (χ1v) is 8.35. The minimum absolute atomic E-state index is 0.0115. The van der Waals surface area contributed by atoms with E-state index in [1.165, 1.54) is 5.56 Å². The second-order valence-electron chi connectivity index (χ2n) is 6.17. The van der Waals surface area contributed by atoms with Gasteiger partial charge in [-0.05, 0) is 24.1 Å². The molecule has 0 spiro atoms. The first-order chi connectivity index (χ1) is 12.3. The maximum atomic E-state index is 12.3. The van der Waals surface area contributed by atoms with Crippen LogP contribution in [0.3, 0.4) is 0 Å². The molecule has 1 fully saturated rings. The van der Waals surface area contributed by atoms with Gasteiger partial charge in [-0.2, -0.15) is 4.98 Å². The number of benzene rings is 1. The Balaban J connectivity index is 1.41. The number of hydrogen-bond acceptors (Lipinski definition) is 5. The summed E-state index contributed by atoms with van der Waals surface area (Å²) in [6, 6.07) is 13.8. The van der Waals surface area contributed by atoms with Gasteiger partial charge in [0.25, 0.3) is 5.89 Å². The molecule has 0 saturated carbocycles. The molecule has 6 heteroatoms. The summed E-state index contributed by atoms with van der Waals surface area (Å²) in [7, 11) is 0. The highest BCUT2D eigenvalue weighted by molar-refractivity contribution is 5.79. The van der Waals surface area contributed by atoms with Gasteiger partial charge in [-0.25, -0.2) is 0 Å². The van der Waals surface area contributed by atoms with E-state index in [1.807, 2.05) is 35.2 Å². The average Bonchev–Trinajstić information content (AvgIpc) is 3.29. The molecule has 4 rings (SSSR count). The fourth-order valence-electron chi connectivity index (χ4n) is 3.08. The summed E-state index contributed by atoms with van der Waals surface area (Å²) in [6.07, 6.45) is 4.66. The van der Waals surface area contributed by atoms with Crippen molar-refractivity contribution in [3.05, 3.63) is 66.2 Å². The Morgan fingerprint density at radius 3 is 2.72 bits per heavy atom. The molecular weight excluding hydrogens is 316 g/mol. The second kappa shape index (κ2) is 6.84. The van der Waals surface area contributed by atoms with Gasteiger partial charge in [-0.3, -0.25) is 9.78 Å². The predicted molar refractivity (Wildman–Crippen MR) is 91.6 cm³/mol. The van der Waals surface area contributed by atoms with Crippen molar-refractivity contribution in [1.82, 2.24) is 20.0 Å². The average molecular weight is 334 g/mol. The lowest BCUT2D eigenvalue weighted by atomic mass is 10.1. The van der Waals surface area contributed by atoms with Gasteiger partial charge < -0.3 is 9.42 Å². The fourth-order valence-corrected chi connectivity index (χ4v) is 3.08. The highest BCUT2D eigenvalue weighted by Crippen LogP contribution is 2.28. The zero-order valence-corrected chi connectivity index (χ0v) is 13.7. The zero-order chi connectivity index (χ0) is 17.1. The Morgan fingerprint density at radius 2 is 1.92 bits per heavy atom. The molecule has 25 heavy (non-hydrogen) atoms. The zero-order valence-electron chi connectivity index (χ0n) is 13.7. The van der Waals surface area contributed by atoms with Gasteiger partial charge in [0.2, 0.25) is 5.91 Å². The van der Waals surface area contributed by atoms with E-state index in [0.29, 0.717) is 31.2 Å². The standard InChI is InChI=1S/C19H18N4O2/c24-17-12-16(13-23(17)11-8-14-4-2-1-3-5-14)18-21-19(25-22-18)15-6-9-20-10-7-15/h1-7,9-10,16H,8,11-13H2. The van der Waals surface area contributed by atoms with Gasteiger partial charge in [0.1, 0.15) is 0 Å². The predicted octanol–water partition coefficient (Wildman–Crippen LogP) is 2.69. The molecule has 0 aliphatic carbocycles. The molecule has 1 amide bonds.